The summed E-state index contributed by atoms with van der Waals surface area (Å²) >= 11 is 0. The van der Waals surface area contributed by atoms with Gasteiger partial charge in [-0.3, -0.25) is 4.79 Å². The first-order chi connectivity index (χ1) is 13.7. The minimum Gasteiger partial charge on any atom is -0.490 e. The van der Waals surface area contributed by atoms with Crippen LogP contribution in [-0.2, 0) is 0 Å². The number of aromatic nitrogens is 3. The molecule has 1 amide bonds. The third kappa shape index (κ3) is 3.65. The number of fused-ring (bicyclic) bond motifs is 1. The van der Waals surface area contributed by atoms with Crippen LogP contribution in [-0.4, -0.2) is 39.3 Å². The van der Waals surface area contributed by atoms with Crippen LogP contribution in [0.1, 0.15) is 42.2 Å². The maximum atomic E-state index is 12.9. The average Bonchev–Trinajstić information content (AvgIpc) is 3.30. The lowest BCUT2D eigenvalue weighted by Crippen LogP contribution is -2.42. The first-order valence-corrected chi connectivity index (χ1v) is 9.66. The molecule has 0 bridgehead atoms. The molecule has 0 unspecified atom stereocenters. The normalized spacial score (nSPS) is 18.9. The fourth-order valence-electron chi connectivity index (χ4n) is 3.58. The summed E-state index contributed by atoms with van der Waals surface area (Å²) in [5, 5.41) is 7.34. The molecule has 146 valence electrons. The third-order valence-electron chi connectivity index (χ3n) is 4.95. The van der Waals surface area contributed by atoms with Gasteiger partial charge >= 0.3 is 0 Å². The number of carbonyl (C=O) groups is 1. The molecular weight excluding hydrogens is 356 g/mol. The molecular formula is C21H24N4O3. The first kappa shape index (κ1) is 18.3. The number of benzene rings is 1. The number of carbonyl (C=O) groups excluding carboxylic acids is 1. The van der Waals surface area contributed by atoms with Crippen molar-refractivity contribution in [2.24, 2.45) is 0 Å². The largest absolute Gasteiger partial charge is 0.490 e. The molecule has 7 heteroatoms. The van der Waals surface area contributed by atoms with Crippen LogP contribution in [0, 0.1) is 6.92 Å². The smallest absolute Gasteiger partial charge is 0.257 e. The highest BCUT2D eigenvalue weighted by Crippen LogP contribution is 2.31. The van der Waals surface area contributed by atoms with E-state index in [1.54, 1.807) is 16.9 Å². The summed E-state index contributed by atoms with van der Waals surface area (Å²) in [6.07, 6.45) is 6.03. The Labute approximate surface area is 163 Å². The Bertz CT molecular complexity index is 985. The Kier molecular flexibility index (Phi) is 5.14. The topological polar surface area (TPSA) is 77.8 Å². The zero-order valence-electron chi connectivity index (χ0n) is 16.1. The van der Waals surface area contributed by atoms with E-state index < -0.39 is 0 Å². The van der Waals surface area contributed by atoms with E-state index in [1.165, 1.54) is 0 Å². The van der Waals surface area contributed by atoms with Gasteiger partial charge in [0.1, 0.15) is 11.7 Å². The molecule has 0 saturated heterocycles. The van der Waals surface area contributed by atoms with E-state index in [4.69, 9.17) is 9.47 Å². The monoisotopic (exact) mass is 380 g/mol. The summed E-state index contributed by atoms with van der Waals surface area (Å²) in [5.41, 5.74) is 1.88. The first-order valence-electron chi connectivity index (χ1n) is 9.66. The number of hydrogen-bond donors (Lipinski definition) is 1. The zero-order valence-corrected chi connectivity index (χ0v) is 16.1. The van der Waals surface area contributed by atoms with Gasteiger partial charge in [0.05, 0.1) is 18.8 Å². The van der Waals surface area contributed by atoms with Crippen LogP contribution < -0.4 is 14.8 Å². The van der Waals surface area contributed by atoms with Crippen molar-refractivity contribution in [1.29, 1.82) is 0 Å². The molecule has 4 rings (SSSR count). The molecule has 2 heterocycles. The molecule has 1 N–H and O–H groups in total. The maximum Gasteiger partial charge on any atom is 0.257 e. The molecule has 0 radical (unpaired) electrons. The Morgan fingerprint density at radius 3 is 2.89 bits per heavy atom. The van der Waals surface area contributed by atoms with Gasteiger partial charge in [-0.05, 0) is 51.3 Å². The Morgan fingerprint density at radius 1 is 1.25 bits per heavy atom. The molecule has 7 nitrogen and oxygen atoms in total. The number of nitrogens with one attached hydrogen (secondary N) is 1. The lowest BCUT2D eigenvalue weighted by atomic mass is 10.2. The molecule has 1 fully saturated rings. The second-order valence-corrected chi connectivity index (χ2v) is 6.94. The number of para-hydroxylation sites is 2. The Hall–Kier alpha value is -3.09. The highest BCUT2D eigenvalue weighted by atomic mass is 16.5. The van der Waals surface area contributed by atoms with Gasteiger partial charge in [0.2, 0.25) is 0 Å². The number of aryl methyl sites for hydroxylation is 1. The van der Waals surface area contributed by atoms with Crippen LogP contribution in [0.5, 0.6) is 11.5 Å². The summed E-state index contributed by atoms with van der Waals surface area (Å²) in [6.45, 7) is 4.42. The molecule has 0 aliphatic heterocycles. The molecule has 1 aliphatic rings. The van der Waals surface area contributed by atoms with Gasteiger partial charge in [0.15, 0.2) is 17.1 Å². The summed E-state index contributed by atoms with van der Waals surface area (Å²) in [4.78, 5) is 17.3. The number of amides is 1. The van der Waals surface area contributed by atoms with Crippen molar-refractivity contribution in [3.05, 3.63) is 54.0 Å². The number of ether oxygens (including phenoxy) is 2. The second-order valence-electron chi connectivity index (χ2n) is 6.94. The molecule has 28 heavy (non-hydrogen) atoms. The summed E-state index contributed by atoms with van der Waals surface area (Å²) in [7, 11) is 0. The highest BCUT2D eigenvalue weighted by Gasteiger charge is 2.32. The molecule has 0 spiro atoms. The van der Waals surface area contributed by atoms with Crippen molar-refractivity contribution in [1.82, 2.24) is 19.9 Å². The average molecular weight is 380 g/mol. The Morgan fingerprint density at radius 2 is 2.07 bits per heavy atom. The van der Waals surface area contributed by atoms with Gasteiger partial charge in [0, 0.05) is 11.9 Å². The maximum absolute atomic E-state index is 12.9. The zero-order chi connectivity index (χ0) is 19.5. The molecule has 2 atom stereocenters. The van der Waals surface area contributed by atoms with Gasteiger partial charge in [-0.25, -0.2) is 9.50 Å². The van der Waals surface area contributed by atoms with E-state index in [9.17, 15) is 4.79 Å². The molecule has 1 aliphatic carbocycles. The van der Waals surface area contributed by atoms with Crippen molar-refractivity contribution in [3.8, 4) is 11.5 Å². The molecule has 2 aromatic heterocycles. The van der Waals surface area contributed by atoms with Gasteiger partial charge in [-0.15, -0.1) is 0 Å². The number of nitrogens with zero attached hydrogens (tertiary/aromatic N) is 3. The SMILES string of the molecule is CCOc1ccccc1O[C@H]1CCC[C@@H]1NC(=O)c1cnn2ccc(C)nc12. The van der Waals surface area contributed by atoms with Crippen molar-refractivity contribution in [2.75, 3.05) is 6.61 Å². The Balaban J connectivity index is 1.49. The van der Waals surface area contributed by atoms with Crippen molar-refractivity contribution in [3.63, 3.8) is 0 Å². The van der Waals surface area contributed by atoms with E-state index in [0.29, 0.717) is 23.6 Å². The van der Waals surface area contributed by atoms with Crippen LogP contribution in [0.4, 0.5) is 0 Å². The van der Waals surface area contributed by atoms with Crippen molar-refractivity contribution < 1.29 is 14.3 Å². The van der Waals surface area contributed by atoms with E-state index in [2.05, 4.69) is 15.4 Å². The van der Waals surface area contributed by atoms with Gasteiger partial charge < -0.3 is 14.8 Å². The van der Waals surface area contributed by atoms with Crippen LogP contribution in [0.25, 0.3) is 5.65 Å². The predicted octanol–water partition coefficient (Wildman–Crippen LogP) is 3.17. The van der Waals surface area contributed by atoms with Crippen LogP contribution in [0.15, 0.2) is 42.7 Å². The number of rotatable bonds is 6. The number of hydrogen-bond acceptors (Lipinski definition) is 5. The van der Waals surface area contributed by atoms with Crippen LogP contribution in [0.2, 0.25) is 0 Å². The fraction of sp³-hybridized carbons (Fsp3) is 0.381. The summed E-state index contributed by atoms with van der Waals surface area (Å²) in [6, 6.07) is 9.44. The van der Waals surface area contributed by atoms with Gasteiger partial charge in [0.25, 0.3) is 5.91 Å². The summed E-state index contributed by atoms with van der Waals surface area (Å²) < 4.78 is 13.5. The molecule has 3 aromatic rings. The van der Waals surface area contributed by atoms with Gasteiger partial charge in [-0.2, -0.15) is 5.10 Å². The van der Waals surface area contributed by atoms with Crippen molar-refractivity contribution in [2.45, 2.75) is 45.3 Å². The highest BCUT2D eigenvalue weighted by molar-refractivity contribution is 5.99. The summed E-state index contributed by atoms with van der Waals surface area (Å²) in [5.74, 6) is 1.26. The second kappa shape index (κ2) is 7.88. The lowest BCUT2D eigenvalue weighted by Gasteiger charge is -2.23. The van der Waals surface area contributed by atoms with Crippen LogP contribution >= 0.6 is 0 Å². The lowest BCUT2D eigenvalue weighted by molar-refractivity contribution is 0.0893. The fourth-order valence-corrected chi connectivity index (χ4v) is 3.58. The minimum atomic E-state index is -0.174. The molecule has 1 aromatic carbocycles. The van der Waals surface area contributed by atoms with E-state index in [1.807, 2.05) is 44.2 Å². The van der Waals surface area contributed by atoms with Crippen molar-refractivity contribution >= 4 is 11.6 Å². The van der Waals surface area contributed by atoms with E-state index in [0.717, 1.165) is 30.7 Å². The van der Waals surface area contributed by atoms with E-state index in [-0.39, 0.29) is 18.1 Å². The van der Waals surface area contributed by atoms with E-state index >= 15 is 0 Å². The van der Waals surface area contributed by atoms with Crippen LogP contribution in [0.3, 0.4) is 0 Å². The predicted molar refractivity (Wildman–Crippen MR) is 105 cm³/mol. The standard InChI is InChI=1S/C21H24N4O3/c1-3-27-18-8-4-5-9-19(18)28-17-10-6-7-16(17)24-21(26)15-13-22-25-12-11-14(2)23-20(15)25/h4-5,8-9,11-13,16-17H,3,6-7,10H2,1-2H3,(H,24,26)/t16-,17-/m0/s1. The third-order valence-corrected chi connectivity index (χ3v) is 4.95. The van der Waals surface area contributed by atoms with Gasteiger partial charge in [-0.1, -0.05) is 12.1 Å². The minimum absolute atomic E-state index is 0.0676. The molecule has 1 saturated carbocycles. The quantitative estimate of drug-likeness (QED) is 0.711.